The second-order valence-corrected chi connectivity index (χ2v) is 12.2. The lowest BCUT2D eigenvalue weighted by Gasteiger charge is -2.35. The predicted octanol–water partition coefficient (Wildman–Crippen LogP) is 1.32. The summed E-state index contributed by atoms with van der Waals surface area (Å²) in [5.74, 6) is -3.31. The van der Waals surface area contributed by atoms with Crippen LogP contribution < -0.4 is 5.32 Å². The molecule has 13 nitrogen and oxygen atoms in total. The van der Waals surface area contributed by atoms with Crippen LogP contribution in [-0.4, -0.2) is 104 Å². The maximum Gasteiger partial charge on any atom is 0.313 e. The van der Waals surface area contributed by atoms with Crippen molar-refractivity contribution < 1.29 is 33.8 Å². The molecule has 4 aliphatic heterocycles. The second kappa shape index (κ2) is 13.1. The molecule has 2 saturated heterocycles. The summed E-state index contributed by atoms with van der Waals surface area (Å²) in [6, 6.07) is 6.48. The number of ether oxygens (including phenoxy) is 2. The van der Waals surface area contributed by atoms with E-state index in [1.165, 1.54) is 0 Å². The van der Waals surface area contributed by atoms with Crippen molar-refractivity contribution in [2.75, 3.05) is 26.2 Å². The van der Waals surface area contributed by atoms with E-state index in [2.05, 4.69) is 15.6 Å². The standard InChI is InChI=1S/C32H40N6O7/c1-21-19-33-25(40)14-7-6-13-24-26(31(43)44-21)27-29(41)37(17-8-2-3-9-18-39)28-30(42)36(16-10-15-32(27,28)45-24)20-38-23-12-5-4-11-22(23)34-35-38/h4-6,10-13,15,21,24,26-28,39H,2-3,7-9,14,16-20H2,1H3,(H,33,40)/b13-6-/t21-,24-,26+,27+,28-,32+/m1/s1. The van der Waals surface area contributed by atoms with Crippen LogP contribution in [0.2, 0.25) is 0 Å². The van der Waals surface area contributed by atoms with Gasteiger partial charge in [0.1, 0.15) is 35.9 Å². The van der Waals surface area contributed by atoms with Gasteiger partial charge in [-0.3, -0.25) is 19.2 Å². The van der Waals surface area contributed by atoms with Gasteiger partial charge in [0.2, 0.25) is 11.8 Å². The maximum atomic E-state index is 14.6. The first-order chi connectivity index (χ1) is 21.8. The number of cyclic esters (lactones) is 1. The van der Waals surface area contributed by atoms with Crippen molar-refractivity contribution in [3.63, 3.8) is 0 Å². The Morgan fingerprint density at radius 3 is 2.73 bits per heavy atom. The Kier molecular flexibility index (Phi) is 8.99. The van der Waals surface area contributed by atoms with Crippen LogP contribution in [0, 0.1) is 11.8 Å². The van der Waals surface area contributed by atoms with Crippen LogP contribution in [0.25, 0.3) is 11.0 Å². The molecule has 6 atom stereocenters. The number of hydrogen-bond acceptors (Lipinski definition) is 9. The Labute approximate surface area is 261 Å². The molecule has 2 N–H and O–H groups in total. The highest BCUT2D eigenvalue weighted by Gasteiger charge is 2.71. The molecule has 45 heavy (non-hydrogen) atoms. The number of benzene rings is 1. The van der Waals surface area contributed by atoms with Gasteiger partial charge in [-0.2, -0.15) is 0 Å². The number of esters is 1. The molecule has 6 rings (SSSR count). The van der Waals surface area contributed by atoms with Crippen LogP contribution in [0.1, 0.15) is 45.4 Å². The highest BCUT2D eigenvalue weighted by atomic mass is 16.6. The highest BCUT2D eigenvalue weighted by Crippen LogP contribution is 2.53. The number of likely N-dealkylation sites (tertiary alicyclic amines) is 1. The first-order valence-electron chi connectivity index (χ1n) is 15.8. The third-order valence-corrected chi connectivity index (χ3v) is 9.15. The summed E-state index contributed by atoms with van der Waals surface area (Å²) in [5, 5.41) is 20.5. The topological polar surface area (TPSA) is 156 Å². The normalized spacial score (nSPS) is 31.0. The Morgan fingerprint density at radius 1 is 1.07 bits per heavy atom. The summed E-state index contributed by atoms with van der Waals surface area (Å²) < 4.78 is 14.1. The SMILES string of the molecule is C[C@@H]1CNC(=O)CC/C=C\[C@H]2O[C@]34C=CCN(Cn5nnc6ccccc65)C(=O)[C@H]3N(CCCCCCO)C(=O)[C@@H]4[C@H]2C(=O)O1. The number of aliphatic hydroxyl groups is 1. The van der Waals surface area contributed by atoms with Gasteiger partial charge in [-0.25, -0.2) is 4.68 Å². The second-order valence-electron chi connectivity index (χ2n) is 12.2. The lowest BCUT2D eigenvalue weighted by atomic mass is 9.78. The molecule has 4 aliphatic rings. The summed E-state index contributed by atoms with van der Waals surface area (Å²) in [7, 11) is 0. The largest absolute Gasteiger partial charge is 0.460 e. The number of aliphatic hydroxyl groups excluding tert-OH is 1. The van der Waals surface area contributed by atoms with Gasteiger partial charge >= 0.3 is 5.97 Å². The van der Waals surface area contributed by atoms with E-state index in [-0.39, 0.29) is 50.5 Å². The molecule has 0 unspecified atom stereocenters. The van der Waals surface area contributed by atoms with E-state index in [0.717, 1.165) is 18.4 Å². The number of allylic oxidation sites excluding steroid dienone is 1. The Hall–Kier alpha value is -4.10. The zero-order chi connectivity index (χ0) is 31.6. The Morgan fingerprint density at radius 2 is 1.89 bits per heavy atom. The fourth-order valence-electron chi connectivity index (χ4n) is 7.01. The van der Waals surface area contributed by atoms with Crippen LogP contribution in [-0.2, 0) is 35.3 Å². The van der Waals surface area contributed by atoms with E-state index in [4.69, 9.17) is 9.47 Å². The van der Waals surface area contributed by atoms with Crippen molar-refractivity contribution in [1.29, 1.82) is 0 Å². The number of carbonyl (C=O) groups is 4. The fraction of sp³-hybridized carbons (Fsp3) is 0.562. The lowest BCUT2D eigenvalue weighted by Crippen LogP contribution is -2.55. The Balaban J connectivity index is 1.35. The van der Waals surface area contributed by atoms with Crippen molar-refractivity contribution in [2.24, 2.45) is 11.8 Å². The van der Waals surface area contributed by atoms with Crippen LogP contribution in [0.3, 0.4) is 0 Å². The molecule has 5 heterocycles. The zero-order valence-corrected chi connectivity index (χ0v) is 25.4. The number of rotatable bonds is 8. The molecule has 0 aliphatic carbocycles. The average Bonchev–Trinajstić information content (AvgIpc) is 3.62. The van der Waals surface area contributed by atoms with Crippen LogP contribution in [0.15, 0.2) is 48.6 Å². The van der Waals surface area contributed by atoms with E-state index >= 15 is 0 Å². The van der Waals surface area contributed by atoms with Crippen LogP contribution in [0.4, 0.5) is 0 Å². The van der Waals surface area contributed by atoms with Gasteiger partial charge in [-0.15, -0.1) is 5.10 Å². The first-order valence-corrected chi connectivity index (χ1v) is 15.8. The van der Waals surface area contributed by atoms with Gasteiger partial charge in [-0.1, -0.05) is 54.5 Å². The molecule has 1 spiro atoms. The van der Waals surface area contributed by atoms with Gasteiger partial charge in [-0.05, 0) is 38.3 Å². The quantitative estimate of drug-likeness (QED) is 0.252. The minimum Gasteiger partial charge on any atom is -0.460 e. The number of unbranched alkanes of at least 4 members (excludes halogenated alkanes) is 3. The van der Waals surface area contributed by atoms with Gasteiger partial charge in [0.25, 0.3) is 5.91 Å². The number of para-hydroxylation sites is 1. The number of hydrogen-bond donors (Lipinski definition) is 2. The van der Waals surface area contributed by atoms with Crippen molar-refractivity contribution in [1.82, 2.24) is 30.1 Å². The number of nitrogens with zero attached hydrogens (tertiary/aromatic N) is 5. The number of carbonyl (C=O) groups excluding carboxylic acids is 4. The molecular weight excluding hydrogens is 580 g/mol. The summed E-state index contributed by atoms with van der Waals surface area (Å²) in [6.07, 6.45) is 9.26. The minimum atomic E-state index is -1.39. The van der Waals surface area contributed by atoms with Gasteiger partial charge in [0.15, 0.2) is 0 Å². The third kappa shape index (κ3) is 5.86. The smallest absolute Gasteiger partial charge is 0.313 e. The van der Waals surface area contributed by atoms with E-state index < -0.39 is 41.7 Å². The highest BCUT2D eigenvalue weighted by molar-refractivity contribution is 5.99. The van der Waals surface area contributed by atoms with Gasteiger partial charge in [0, 0.05) is 26.1 Å². The molecule has 1 aromatic heterocycles. The van der Waals surface area contributed by atoms with Crippen molar-refractivity contribution >= 4 is 34.7 Å². The summed E-state index contributed by atoms with van der Waals surface area (Å²) in [4.78, 5) is 58.2. The van der Waals surface area contributed by atoms with Gasteiger partial charge < -0.3 is 29.7 Å². The molecule has 13 heteroatoms. The van der Waals surface area contributed by atoms with Crippen LogP contribution >= 0.6 is 0 Å². The van der Waals surface area contributed by atoms with E-state index in [9.17, 15) is 24.3 Å². The lowest BCUT2D eigenvalue weighted by molar-refractivity contribution is -0.159. The molecule has 0 saturated carbocycles. The van der Waals surface area contributed by atoms with Gasteiger partial charge in [0.05, 0.1) is 24.1 Å². The molecule has 0 bridgehead atoms. The van der Waals surface area contributed by atoms with E-state index in [1.807, 2.05) is 30.3 Å². The fourth-order valence-corrected chi connectivity index (χ4v) is 7.01. The predicted molar refractivity (Wildman–Crippen MR) is 161 cm³/mol. The summed E-state index contributed by atoms with van der Waals surface area (Å²) in [6.45, 7) is 2.62. The number of aromatic nitrogens is 3. The van der Waals surface area contributed by atoms with Crippen molar-refractivity contribution in [3.8, 4) is 0 Å². The summed E-state index contributed by atoms with van der Waals surface area (Å²) in [5.41, 5.74) is 0.0887. The number of nitrogens with one attached hydrogen (secondary N) is 1. The maximum absolute atomic E-state index is 14.6. The minimum absolute atomic E-state index is 0.0975. The molecule has 2 aromatic rings. The molecule has 3 amide bonds. The molecule has 240 valence electrons. The first kappa shape index (κ1) is 30.9. The van der Waals surface area contributed by atoms with E-state index in [0.29, 0.717) is 31.3 Å². The third-order valence-electron chi connectivity index (χ3n) is 9.15. The average molecular weight is 621 g/mol. The Bertz CT molecular complexity index is 1510. The molecular formula is C32H40N6O7. The van der Waals surface area contributed by atoms with Crippen molar-refractivity contribution in [2.45, 2.75) is 76.0 Å². The molecule has 2 fully saturated rings. The molecule has 1 aromatic carbocycles. The van der Waals surface area contributed by atoms with E-state index in [1.54, 1.807) is 39.6 Å². The van der Waals surface area contributed by atoms with Crippen LogP contribution in [0.5, 0.6) is 0 Å². The number of fused-ring (bicyclic) bond motifs is 3. The molecule has 0 radical (unpaired) electrons. The zero-order valence-electron chi connectivity index (χ0n) is 25.4. The summed E-state index contributed by atoms with van der Waals surface area (Å²) >= 11 is 0. The monoisotopic (exact) mass is 620 g/mol. The number of amides is 3. The van der Waals surface area contributed by atoms with Crippen molar-refractivity contribution in [3.05, 3.63) is 48.6 Å².